The maximum atomic E-state index is 6.06. The highest BCUT2D eigenvalue weighted by Crippen LogP contribution is 2.31. The molecular weight excluding hydrogens is 276 g/mol. The second-order valence-electron chi connectivity index (χ2n) is 7.56. The van der Waals surface area contributed by atoms with Crippen molar-refractivity contribution in [2.75, 3.05) is 6.54 Å². The van der Waals surface area contributed by atoms with Crippen LogP contribution in [0.1, 0.15) is 69.6 Å². The molecule has 0 unspecified atom stereocenters. The summed E-state index contributed by atoms with van der Waals surface area (Å²) in [4.78, 5) is 5.72. The fourth-order valence-corrected chi connectivity index (χ4v) is 4.30. The number of hydrogen-bond acceptors (Lipinski definition) is 3. The smallest absolute Gasteiger partial charge is 0.0330 e. The van der Waals surface area contributed by atoms with Crippen LogP contribution in [-0.2, 0) is 12.0 Å². The van der Waals surface area contributed by atoms with Gasteiger partial charge in [0.15, 0.2) is 0 Å². The van der Waals surface area contributed by atoms with Gasteiger partial charge in [-0.3, -0.25) is 4.90 Å². The van der Waals surface area contributed by atoms with Crippen molar-refractivity contribution in [3.63, 3.8) is 0 Å². The van der Waals surface area contributed by atoms with Gasteiger partial charge in [-0.05, 0) is 56.2 Å². The fraction of sp³-hybridized carbons (Fsp3) is 0.778. The molecule has 120 valence electrons. The van der Waals surface area contributed by atoms with Gasteiger partial charge in [-0.15, -0.1) is 11.3 Å². The standard InChI is InChI=1S/C18H32N2S/c1-5-12-20(15-8-6-14(19)7-9-15)13-16-10-11-17(21-16)18(2,3)4/h10-11,14-15H,5-9,12-13,19H2,1-4H3. The van der Waals surface area contributed by atoms with E-state index in [1.807, 2.05) is 11.3 Å². The van der Waals surface area contributed by atoms with Crippen molar-refractivity contribution in [3.8, 4) is 0 Å². The Morgan fingerprint density at radius 3 is 2.38 bits per heavy atom. The van der Waals surface area contributed by atoms with Crippen molar-refractivity contribution in [3.05, 3.63) is 21.9 Å². The second-order valence-corrected chi connectivity index (χ2v) is 8.72. The lowest BCUT2D eigenvalue weighted by Gasteiger charge is -2.35. The third-order valence-electron chi connectivity index (χ3n) is 4.53. The summed E-state index contributed by atoms with van der Waals surface area (Å²) in [6.07, 6.45) is 6.18. The van der Waals surface area contributed by atoms with Crippen molar-refractivity contribution in [1.82, 2.24) is 4.90 Å². The highest BCUT2D eigenvalue weighted by Gasteiger charge is 2.24. The molecule has 1 heterocycles. The van der Waals surface area contributed by atoms with E-state index in [0.717, 1.165) is 12.6 Å². The van der Waals surface area contributed by atoms with Crippen LogP contribution in [0, 0.1) is 0 Å². The van der Waals surface area contributed by atoms with Gasteiger partial charge in [0, 0.05) is 28.4 Å². The van der Waals surface area contributed by atoms with Crippen molar-refractivity contribution in [2.24, 2.45) is 5.73 Å². The Labute approximate surface area is 134 Å². The first-order valence-electron chi connectivity index (χ1n) is 8.49. The molecule has 1 aliphatic rings. The first-order chi connectivity index (χ1) is 9.90. The Balaban J connectivity index is 2.00. The number of nitrogens with zero attached hydrogens (tertiary/aromatic N) is 1. The van der Waals surface area contributed by atoms with Crippen LogP contribution in [0.4, 0.5) is 0 Å². The van der Waals surface area contributed by atoms with Gasteiger partial charge in [0.1, 0.15) is 0 Å². The SMILES string of the molecule is CCCN(Cc1ccc(C(C)(C)C)s1)C1CCC(N)CC1. The van der Waals surface area contributed by atoms with E-state index in [-0.39, 0.29) is 5.41 Å². The largest absolute Gasteiger partial charge is 0.328 e. The van der Waals surface area contributed by atoms with E-state index in [1.165, 1.54) is 48.4 Å². The Morgan fingerprint density at radius 2 is 1.86 bits per heavy atom. The van der Waals surface area contributed by atoms with Crippen LogP contribution >= 0.6 is 11.3 Å². The number of thiophene rings is 1. The fourth-order valence-electron chi connectivity index (χ4n) is 3.21. The maximum Gasteiger partial charge on any atom is 0.0330 e. The molecule has 0 bridgehead atoms. The molecule has 2 nitrogen and oxygen atoms in total. The Bertz CT molecular complexity index is 425. The lowest BCUT2D eigenvalue weighted by atomic mass is 9.90. The number of hydrogen-bond donors (Lipinski definition) is 1. The molecular formula is C18H32N2S. The van der Waals surface area contributed by atoms with E-state index in [9.17, 15) is 0 Å². The highest BCUT2D eigenvalue weighted by atomic mass is 32.1. The Morgan fingerprint density at radius 1 is 1.19 bits per heavy atom. The van der Waals surface area contributed by atoms with E-state index in [4.69, 9.17) is 5.73 Å². The molecule has 1 aromatic rings. The van der Waals surface area contributed by atoms with E-state index >= 15 is 0 Å². The molecule has 1 saturated carbocycles. The van der Waals surface area contributed by atoms with Crippen LogP contribution < -0.4 is 5.73 Å². The Hall–Kier alpha value is -0.380. The average molecular weight is 309 g/mol. The summed E-state index contributed by atoms with van der Waals surface area (Å²) >= 11 is 1.99. The van der Waals surface area contributed by atoms with Gasteiger partial charge in [-0.25, -0.2) is 0 Å². The third-order valence-corrected chi connectivity index (χ3v) is 6.02. The predicted octanol–water partition coefficient (Wildman–Crippen LogP) is 4.53. The molecule has 0 atom stereocenters. The molecule has 1 fully saturated rings. The molecule has 1 aromatic heterocycles. The Kier molecular flexibility index (Phi) is 5.87. The van der Waals surface area contributed by atoms with E-state index < -0.39 is 0 Å². The molecule has 21 heavy (non-hydrogen) atoms. The minimum absolute atomic E-state index is 0.274. The summed E-state index contributed by atoms with van der Waals surface area (Å²) in [5, 5.41) is 0. The molecule has 0 amide bonds. The molecule has 0 aromatic carbocycles. The summed E-state index contributed by atoms with van der Waals surface area (Å²) in [7, 11) is 0. The van der Waals surface area contributed by atoms with E-state index in [2.05, 4.69) is 44.7 Å². The zero-order chi connectivity index (χ0) is 15.5. The van der Waals surface area contributed by atoms with Crippen molar-refractivity contribution in [1.29, 1.82) is 0 Å². The average Bonchev–Trinajstić information content (AvgIpc) is 2.88. The zero-order valence-electron chi connectivity index (χ0n) is 14.2. The summed E-state index contributed by atoms with van der Waals surface area (Å²) in [5.41, 5.74) is 6.33. The van der Waals surface area contributed by atoms with E-state index in [0.29, 0.717) is 6.04 Å². The van der Waals surface area contributed by atoms with Crippen molar-refractivity contribution in [2.45, 2.75) is 83.8 Å². The van der Waals surface area contributed by atoms with E-state index in [1.54, 1.807) is 0 Å². The normalized spacial score (nSPS) is 23.7. The lowest BCUT2D eigenvalue weighted by Crippen LogP contribution is -2.40. The molecule has 2 rings (SSSR count). The van der Waals surface area contributed by atoms with Gasteiger partial charge in [-0.1, -0.05) is 27.7 Å². The monoisotopic (exact) mass is 308 g/mol. The maximum absolute atomic E-state index is 6.06. The molecule has 3 heteroatoms. The molecule has 0 spiro atoms. The van der Waals surface area contributed by atoms with Gasteiger partial charge in [0.05, 0.1) is 0 Å². The summed E-state index contributed by atoms with van der Waals surface area (Å²) in [5.74, 6) is 0. The van der Waals surface area contributed by atoms with Crippen molar-refractivity contribution >= 4 is 11.3 Å². The first kappa shape index (κ1) is 17.0. The minimum Gasteiger partial charge on any atom is -0.328 e. The lowest BCUT2D eigenvalue weighted by molar-refractivity contribution is 0.143. The molecule has 0 aliphatic heterocycles. The van der Waals surface area contributed by atoms with Crippen LogP contribution in [0.5, 0.6) is 0 Å². The quantitative estimate of drug-likeness (QED) is 0.866. The van der Waals surface area contributed by atoms with Crippen LogP contribution in [0.2, 0.25) is 0 Å². The van der Waals surface area contributed by atoms with Gasteiger partial charge in [0.2, 0.25) is 0 Å². The second kappa shape index (κ2) is 7.26. The van der Waals surface area contributed by atoms with Crippen LogP contribution in [-0.4, -0.2) is 23.5 Å². The van der Waals surface area contributed by atoms with Gasteiger partial charge < -0.3 is 5.73 Å². The van der Waals surface area contributed by atoms with Crippen LogP contribution in [0.15, 0.2) is 12.1 Å². The topological polar surface area (TPSA) is 29.3 Å². The predicted molar refractivity (Wildman–Crippen MR) is 94.0 cm³/mol. The van der Waals surface area contributed by atoms with Crippen LogP contribution in [0.3, 0.4) is 0 Å². The van der Waals surface area contributed by atoms with Crippen molar-refractivity contribution < 1.29 is 0 Å². The third kappa shape index (κ3) is 4.80. The summed E-state index contributed by atoms with van der Waals surface area (Å²) < 4.78 is 0. The zero-order valence-corrected chi connectivity index (χ0v) is 15.0. The number of rotatable bonds is 5. The van der Waals surface area contributed by atoms with Gasteiger partial charge in [-0.2, -0.15) is 0 Å². The van der Waals surface area contributed by atoms with Gasteiger partial charge in [0.25, 0.3) is 0 Å². The van der Waals surface area contributed by atoms with Gasteiger partial charge >= 0.3 is 0 Å². The molecule has 1 aliphatic carbocycles. The minimum atomic E-state index is 0.274. The summed E-state index contributed by atoms with van der Waals surface area (Å²) in [6, 6.07) is 5.84. The molecule has 2 N–H and O–H groups in total. The molecule has 0 saturated heterocycles. The number of nitrogens with two attached hydrogens (primary N) is 1. The summed E-state index contributed by atoms with van der Waals surface area (Å²) in [6.45, 7) is 11.5. The first-order valence-corrected chi connectivity index (χ1v) is 9.30. The highest BCUT2D eigenvalue weighted by molar-refractivity contribution is 7.12. The molecule has 0 radical (unpaired) electrons. The van der Waals surface area contributed by atoms with Crippen LogP contribution in [0.25, 0.3) is 0 Å².